The van der Waals surface area contributed by atoms with Gasteiger partial charge < -0.3 is 10.5 Å². The van der Waals surface area contributed by atoms with E-state index < -0.39 is 0 Å². The molecule has 0 aliphatic rings. The van der Waals surface area contributed by atoms with Crippen molar-refractivity contribution in [2.45, 2.75) is 13.8 Å². The molecule has 0 aliphatic carbocycles. The van der Waals surface area contributed by atoms with Gasteiger partial charge in [-0.25, -0.2) is 0 Å². The molecule has 3 nitrogen and oxygen atoms in total. The Balaban J connectivity index is 4.35. The van der Waals surface area contributed by atoms with Crippen molar-refractivity contribution in [2.24, 2.45) is 5.73 Å². The van der Waals surface area contributed by atoms with Crippen LogP contribution >= 0.6 is 0 Å². The van der Waals surface area contributed by atoms with E-state index in [2.05, 4.69) is 4.74 Å². The molecule has 0 atom stereocenters. The summed E-state index contributed by atoms with van der Waals surface area (Å²) in [5.41, 5.74) is 5.70. The van der Waals surface area contributed by atoms with Crippen LogP contribution in [0.5, 0.6) is 0 Å². The number of carbonyl (C=O) groups is 1. The Bertz CT molecular complexity index is 145. The van der Waals surface area contributed by atoms with Crippen molar-refractivity contribution in [2.75, 3.05) is 7.11 Å². The molecule has 0 saturated heterocycles. The molecule has 0 bridgehead atoms. The minimum absolute atomic E-state index is 0.141. The van der Waals surface area contributed by atoms with E-state index in [0.29, 0.717) is 5.70 Å². The largest absolute Gasteiger partial charge is 0.491 e. The fraction of sp³-hybridized carbons (Fsp3) is 0.500. The number of carbonyl (C=O) groups excluding carboxylic acids is 1. The van der Waals surface area contributed by atoms with Crippen molar-refractivity contribution in [3.05, 3.63) is 11.5 Å². The van der Waals surface area contributed by atoms with Gasteiger partial charge in [0.05, 0.1) is 12.8 Å². The first-order valence-electron chi connectivity index (χ1n) is 2.61. The van der Waals surface area contributed by atoms with Crippen LogP contribution in [0.1, 0.15) is 13.8 Å². The monoisotopic (exact) mass is 129 g/mol. The molecule has 9 heavy (non-hydrogen) atoms. The normalized spacial score (nSPS) is 12.3. The van der Waals surface area contributed by atoms with Gasteiger partial charge in [0.15, 0.2) is 11.5 Å². The Morgan fingerprint density at radius 2 is 1.89 bits per heavy atom. The summed E-state index contributed by atoms with van der Waals surface area (Å²) in [7, 11) is 1.42. The number of hydrogen-bond acceptors (Lipinski definition) is 3. The van der Waals surface area contributed by atoms with Gasteiger partial charge in [-0.2, -0.15) is 0 Å². The summed E-state index contributed by atoms with van der Waals surface area (Å²) in [5, 5.41) is 0. The highest BCUT2D eigenvalue weighted by molar-refractivity contribution is 5.91. The lowest BCUT2D eigenvalue weighted by atomic mass is 10.3. The minimum Gasteiger partial charge on any atom is -0.491 e. The number of rotatable bonds is 2. The van der Waals surface area contributed by atoms with Crippen molar-refractivity contribution in [3.63, 3.8) is 0 Å². The average Bonchev–Trinajstić information content (AvgIpc) is 1.64. The van der Waals surface area contributed by atoms with Gasteiger partial charge in [0, 0.05) is 6.92 Å². The maximum atomic E-state index is 10.6. The fourth-order valence-electron chi connectivity index (χ4n) is 0.582. The fourth-order valence-corrected chi connectivity index (χ4v) is 0.582. The van der Waals surface area contributed by atoms with Crippen LogP contribution in [0.2, 0.25) is 0 Å². The van der Waals surface area contributed by atoms with Crippen LogP contribution in [0.3, 0.4) is 0 Å². The van der Waals surface area contributed by atoms with E-state index in [1.807, 2.05) is 0 Å². The number of ketones is 1. The molecule has 2 N–H and O–H groups in total. The highest BCUT2D eigenvalue weighted by Gasteiger charge is 2.03. The second kappa shape index (κ2) is 3.12. The molecule has 0 saturated carbocycles. The van der Waals surface area contributed by atoms with Crippen molar-refractivity contribution >= 4 is 5.78 Å². The SMILES string of the molecule is COC(C(C)=O)=C(C)N. The number of nitrogens with two attached hydrogens (primary N) is 1. The van der Waals surface area contributed by atoms with Gasteiger partial charge in [-0.15, -0.1) is 0 Å². The zero-order valence-electron chi connectivity index (χ0n) is 5.89. The van der Waals surface area contributed by atoms with Crippen molar-refractivity contribution in [3.8, 4) is 0 Å². The highest BCUT2D eigenvalue weighted by atomic mass is 16.5. The van der Waals surface area contributed by atoms with Crippen molar-refractivity contribution < 1.29 is 9.53 Å². The van der Waals surface area contributed by atoms with Gasteiger partial charge in [0.25, 0.3) is 0 Å². The van der Waals surface area contributed by atoms with Gasteiger partial charge in [-0.05, 0) is 6.92 Å². The molecule has 0 radical (unpaired) electrons. The molecule has 0 fully saturated rings. The van der Waals surface area contributed by atoms with Crippen LogP contribution in [0.15, 0.2) is 11.5 Å². The van der Waals surface area contributed by atoms with E-state index in [-0.39, 0.29) is 11.5 Å². The molecule has 0 rings (SSSR count). The summed E-state index contributed by atoms with van der Waals surface area (Å²) in [6, 6.07) is 0. The molecule has 0 aromatic rings. The summed E-state index contributed by atoms with van der Waals surface area (Å²) in [5.74, 6) is 0.104. The van der Waals surface area contributed by atoms with Crippen LogP contribution in [0.25, 0.3) is 0 Å². The molecule has 0 spiro atoms. The second-order valence-corrected chi connectivity index (χ2v) is 1.77. The first kappa shape index (κ1) is 8.01. The number of ether oxygens (including phenoxy) is 1. The lowest BCUT2D eigenvalue weighted by Gasteiger charge is -2.01. The van der Waals surface area contributed by atoms with E-state index in [1.54, 1.807) is 6.92 Å². The Morgan fingerprint density at radius 1 is 1.44 bits per heavy atom. The van der Waals surface area contributed by atoms with Gasteiger partial charge in [0.1, 0.15) is 0 Å². The lowest BCUT2D eigenvalue weighted by molar-refractivity contribution is -0.116. The van der Waals surface area contributed by atoms with E-state index in [1.165, 1.54) is 14.0 Å². The molecule has 3 heteroatoms. The van der Waals surface area contributed by atoms with Crippen molar-refractivity contribution in [1.29, 1.82) is 0 Å². The number of hydrogen-bond donors (Lipinski definition) is 1. The maximum Gasteiger partial charge on any atom is 0.196 e. The van der Waals surface area contributed by atoms with Crippen LogP contribution in [-0.2, 0) is 9.53 Å². The van der Waals surface area contributed by atoms with Crippen LogP contribution in [0, 0.1) is 0 Å². The van der Waals surface area contributed by atoms with Crippen LogP contribution < -0.4 is 5.73 Å². The molecule has 0 aromatic carbocycles. The standard InChI is InChI=1S/C6H11NO2/c1-4(7)6(9-3)5(2)8/h7H2,1-3H3. The third-order valence-corrected chi connectivity index (χ3v) is 0.882. The van der Waals surface area contributed by atoms with E-state index in [9.17, 15) is 4.79 Å². The molecule has 0 aliphatic heterocycles. The van der Waals surface area contributed by atoms with Crippen LogP contribution in [0.4, 0.5) is 0 Å². The molecule has 0 heterocycles. The third kappa shape index (κ3) is 2.17. The quantitative estimate of drug-likeness (QED) is 0.434. The summed E-state index contributed by atoms with van der Waals surface area (Å²) in [4.78, 5) is 10.6. The predicted molar refractivity (Wildman–Crippen MR) is 34.6 cm³/mol. The van der Waals surface area contributed by atoms with Crippen LogP contribution in [-0.4, -0.2) is 12.9 Å². The van der Waals surface area contributed by atoms with Gasteiger partial charge in [-0.3, -0.25) is 4.79 Å². The van der Waals surface area contributed by atoms with E-state index >= 15 is 0 Å². The third-order valence-electron chi connectivity index (χ3n) is 0.882. The zero-order valence-corrected chi connectivity index (χ0v) is 5.89. The topological polar surface area (TPSA) is 52.3 Å². The average molecular weight is 129 g/mol. The zero-order chi connectivity index (χ0) is 7.44. The maximum absolute atomic E-state index is 10.6. The summed E-state index contributed by atoms with van der Waals surface area (Å²) >= 11 is 0. The number of allylic oxidation sites excluding steroid dienone is 2. The Kier molecular flexibility index (Phi) is 2.78. The predicted octanol–water partition coefficient (Wildman–Crippen LogP) is 0.412. The van der Waals surface area contributed by atoms with E-state index in [0.717, 1.165) is 0 Å². The molecule has 0 aromatic heterocycles. The number of methoxy groups -OCH3 is 1. The summed E-state index contributed by atoms with van der Waals surface area (Å²) in [6.45, 7) is 3.04. The Morgan fingerprint density at radius 3 is 1.89 bits per heavy atom. The first-order valence-corrected chi connectivity index (χ1v) is 2.61. The second-order valence-electron chi connectivity index (χ2n) is 1.77. The molecular weight excluding hydrogens is 118 g/mol. The summed E-state index contributed by atoms with van der Waals surface area (Å²) < 4.78 is 4.68. The lowest BCUT2D eigenvalue weighted by Crippen LogP contribution is -2.07. The minimum atomic E-state index is -0.141. The molecule has 0 unspecified atom stereocenters. The molecule has 0 amide bonds. The molecule has 52 valence electrons. The Hall–Kier alpha value is -0.990. The van der Waals surface area contributed by atoms with Gasteiger partial charge >= 0.3 is 0 Å². The number of Topliss-reactive ketones (excluding diaryl/α,β-unsaturated/α-hetero) is 1. The molecular formula is C6H11NO2. The smallest absolute Gasteiger partial charge is 0.196 e. The van der Waals surface area contributed by atoms with E-state index in [4.69, 9.17) is 5.73 Å². The first-order chi connectivity index (χ1) is 4.09. The van der Waals surface area contributed by atoms with Gasteiger partial charge in [0.2, 0.25) is 0 Å². The van der Waals surface area contributed by atoms with Gasteiger partial charge in [-0.1, -0.05) is 0 Å². The highest BCUT2D eigenvalue weighted by Crippen LogP contribution is 1.99. The Labute approximate surface area is 54.5 Å². The van der Waals surface area contributed by atoms with Crippen molar-refractivity contribution in [1.82, 2.24) is 0 Å². The summed E-state index contributed by atoms with van der Waals surface area (Å²) in [6.07, 6.45) is 0.